The Morgan fingerprint density at radius 3 is 2.69 bits per heavy atom. The molecule has 0 aliphatic heterocycles. The van der Waals surface area contributed by atoms with Crippen molar-refractivity contribution in [3.63, 3.8) is 0 Å². The normalized spacial score (nSPS) is 11.8. The summed E-state index contributed by atoms with van der Waals surface area (Å²) in [7, 11) is 0. The number of nitrogens with two attached hydrogens (primary N) is 1. The molecule has 3 amide bonds. The zero-order chi connectivity index (χ0) is 10.3. The highest BCUT2D eigenvalue weighted by Gasteiger charge is 2.12. The molecule has 0 heterocycles. The third-order valence-electron chi connectivity index (χ3n) is 1.44. The molecule has 0 aromatic heterocycles. The van der Waals surface area contributed by atoms with Crippen LogP contribution in [0.15, 0.2) is 12.7 Å². The first-order chi connectivity index (χ1) is 6.07. The third-order valence-corrected chi connectivity index (χ3v) is 1.44. The van der Waals surface area contributed by atoms with Gasteiger partial charge in [0.2, 0.25) is 5.91 Å². The number of carbonyl (C=O) groups excluding carboxylic acids is 2. The maximum absolute atomic E-state index is 11.0. The highest BCUT2D eigenvalue weighted by Crippen LogP contribution is 1.83. The number of carbonyl (C=O) groups is 2. The fourth-order valence-electron chi connectivity index (χ4n) is 0.724. The van der Waals surface area contributed by atoms with Crippen LogP contribution in [0.3, 0.4) is 0 Å². The smallest absolute Gasteiger partial charge is 0.318 e. The van der Waals surface area contributed by atoms with Gasteiger partial charge in [0.25, 0.3) is 0 Å². The van der Waals surface area contributed by atoms with E-state index in [2.05, 4.69) is 11.9 Å². The third kappa shape index (κ3) is 5.86. The minimum Gasteiger partial charge on any atom is -0.351 e. The molecule has 0 aromatic carbocycles. The second kappa shape index (κ2) is 6.19. The molecule has 0 spiro atoms. The van der Waals surface area contributed by atoms with Crippen molar-refractivity contribution in [3.8, 4) is 0 Å². The number of nitrogens with one attached hydrogen (secondary N) is 2. The van der Waals surface area contributed by atoms with Crippen LogP contribution in [0.5, 0.6) is 0 Å². The Hall–Kier alpha value is -1.36. The van der Waals surface area contributed by atoms with Crippen LogP contribution in [0.4, 0.5) is 4.79 Å². The molecule has 0 saturated carbocycles. The summed E-state index contributed by atoms with van der Waals surface area (Å²) in [5, 5.41) is 4.88. The minimum atomic E-state index is -0.831. The van der Waals surface area contributed by atoms with Gasteiger partial charge in [-0.05, 0) is 19.9 Å². The number of hydrogen-bond donors (Lipinski definition) is 3. The molecule has 1 atom stereocenters. The maximum Gasteiger partial charge on any atom is 0.318 e. The van der Waals surface area contributed by atoms with E-state index in [0.717, 1.165) is 6.42 Å². The second-order valence-corrected chi connectivity index (χ2v) is 2.61. The highest BCUT2D eigenvalue weighted by atomic mass is 16.2. The van der Waals surface area contributed by atoms with Gasteiger partial charge in [0, 0.05) is 0 Å². The average Bonchev–Trinajstić information content (AvgIpc) is 2.03. The Morgan fingerprint density at radius 1 is 1.62 bits per heavy atom. The first-order valence-electron chi connectivity index (χ1n) is 4.02. The summed E-state index contributed by atoms with van der Waals surface area (Å²) in [6, 6.07) is -1.25. The lowest BCUT2D eigenvalue weighted by molar-refractivity contribution is -0.121. The molecule has 0 fully saturated rings. The van der Waals surface area contributed by atoms with Crippen molar-refractivity contribution in [2.75, 3.05) is 6.54 Å². The van der Waals surface area contributed by atoms with E-state index in [1.54, 1.807) is 13.0 Å². The van der Waals surface area contributed by atoms with Gasteiger partial charge in [-0.1, -0.05) is 6.08 Å². The van der Waals surface area contributed by atoms with Gasteiger partial charge in [0.1, 0.15) is 0 Å². The van der Waals surface area contributed by atoms with E-state index in [4.69, 9.17) is 5.73 Å². The van der Waals surface area contributed by atoms with Gasteiger partial charge in [-0.25, -0.2) is 4.79 Å². The highest BCUT2D eigenvalue weighted by molar-refractivity contribution is 5.96. The second-order valence-electron chi connectivity index (χ2n) is 2.61. The van der Waals surface area contributed by atoms with Crippen LogP contribution in [0.25, 0.3) is 0 Å². The fraction of sp³-hybridized carbons (Fsp3) is 0.500. The molecule has 0 radical (unpaired) electrons. The van der Waals surface area contributed by atoms with Gasteiger partial charge in [-0.3, -0.25) is 10.1 Å². The van der Waals surface area contributed by atoms with Crippen LogP contribution in [0, 0.1) is 0 Å². The summed E-state index contributed by atoms with van der Waals surface area (Å²) in [4.78, 5) is 21.3. The quantitative estimate of drug-likeness (QED) is 0.407. The van der Waals surface area contributed by atoms with E-state index >= 15 is 0 Å². The SMILES string of the molecule is C=CCCNC(C)C(=O)NC(N)=O. The molecule has 5 heteroatoms. The van der Waals surface area contributed by atoms with E-state index < -0.39 is 18.0 Å². The van der Waals surface area contributed by atoms with Gasteiger partial charge in [0.15, 0.2) is 0 Å². The number of imide groups is 1. The summed E-state index contributed by atoms with van der Waals surface area (Å²) >= 11 is 0. The van der Waals surface area contributed by atoms with Crippen molar-refractivity contribution < 1.29 is 9.59 Å². The Balaban J connectivity index is 3.68. The first kappa shape index (κ1) is 11.6. The van der Waals surface area contributed by atoms with Gasteiger partial charge in [-0.15, -0.1) is 6.58 Å². The van der Waals surface area contributed by atoms with Crippen molar-refractivity contribution in [2.24, 2.45) is 5.73 Å². The Bertz CT molecular complexity index is 204. The molecule has 1 unspecified atom stereocenters. The largest absolute Gasteiger partial charge is 0.351 e. The van der Waals surface area contributed by atoms with Crippen LogP contribution in [0.1, 0.15) is 13.3 Å². The lowest BCUT2D eigenvalue weighted by Crippen LogP contribution is -2.46. The van der Waals surface area contributed by atoms with Gasteiger partial charge in [0.05, 0.1) is 6.04 Å². The van der Waals surface area contributed by atoms with E-state index in [0.29, 0.717) is 6.54 Å². The molecule has 4 N–H and O–H groups in total. The number of urea groups is 1. The summed E-state index contributed by atoms with van der Waals surface area (Å²) in [6.45, 7) is 5.84. The average molecular weight is 185 g/mol. The van der Waals surface area contributed by atoms with Crippen molar-refractivity contribution in [1.82, 2.24) is 10.6 Å². The van der Waals surface area contributed by atoms with E-state index in [1.165, 1.54) is 0 Å². The Labute approximate surface area is 77.4 Å². The molecule has 0 aliphatic carbocycles. The Morgan fingerprint density at radius 2 is 2.23 bits per heavy atom. The predicted molar refractivity (Wildman–Crippen MR) is 50.0 cm³/mol. The number of amides is 3. The predicted octanol–water partition coefficient (Wildman–Crippen LogP) is -0.264. The van der Waals surface area contributed by atoms with Crippen LogP contribution < -0.4 is 16.4 Å². The zero-order valence-corrected chi connectivity index (χ0v) is 7.67. The van der Waals surface area contributed by atoms with Gasteiger partial charge < -0.3 is 11.1 Å². The summed E-state index contributed by atoms with van der Waals surface area (Å²) in [5.41, 5.74) is 4.77. The molecule has 0 saturated heterocycles. The molecule has 0 aromatic rings. The summed E-state index contributed by atoms with van der Waals surface area (Å²) in [5.74, 6) is -0.420. The van der Waals surface area contributed by atoms with Crippen molar-refractivity contribution in [2.45, 2.75) is 19.4 Å². The van der Waals surface area contributed by atoms with Crippen LogP contribution >= 0.6 is 0 Å². The molecular formula is C8H15N3O2. The van der Waals surface area contributed by atoms with Crippen molar-refractivity contribution in [3.05, 3.63) is 12.7 Å². The molecular weight excluding hydrogens is 170 g/mol. The van der Waals surface area contributed by atoms with Crippen LogP contribution in [-0.2, 0) is 4.79 Å². The van der Waals surface area contributed by atoms with Crippen molar-refractivity contribution in [1.29, 1.82) is 0 Å². The molecule has 0 aliphatic rings. The number of hydrogen-bond acceptors (Lipinski definition) is 3. The number of primary amides is 1. The van der Waals surface area contributed by atoms with E-state index in [9.17, 15) is 9.59 Å². The summed E-state index contributed by atoms with van der Waals surface area (Å²) in [6.07, 6.45) is 2.51. The summed E-state index contributed by atoms with van der Waals surface area (Å²) < 4.78 is 0. The molecule has 13 heavy (non-hydrogen) atoms. The van der Waals surface area contributed by atoms with Gasteiger partial charge in [-0.2, -0.15) is 0 Å². The van der Waals surface area contributed by atoms with Crippen LogP contribution in [0.2, 0.25) is 0 Å². The Kier molecular flexibility index (Phi) is 5.54. The molecule has 0 bridgehead atoms. The van der Waals surface area contributed by atoms with Gasteiger partial charge >= 0.3 is 6.03 Å². The molecule has 5 nitrogen and oxygen atoms in total. The first-order valence-corrected chi connectivity index (χ1v) is 4.02. The monoisotopic (exact) mass is 185 g/mol. The molecule has 0 rings (SSSR count). The topological polar surface area (TPSA) is 84.2 Å². The van der Waals surface area contributed by atoms with E-state index in [1.807, 2.05) is 5.32 Å². The van der Waals surface area contributed by atoms with E-state index in [-0.39, 0.29) is 0 Å². The zero-order valence-electron chi connectivity index (χ0n) is 7.67. The number of rotatable bonds is 5. The fourth-order valence-corrected chi connectivity index (χ4v) is 0.724. The molecule has 74 valence electrons. The van der Waals surface area contributed by atoms with Crippen molar-refractivity contribution >= 4 is 11.9 Å². The lowest BCUT2D eigenvalue weighted by atomic mass is 10.3. The standard InChI is InChI=1S/C8H15N3O2/c1-3-4-5-10-6(2)7(12)11-8(9)13/h3,6,10H,1,4-5H2,2H3,(H3,9,11,12,13). The maximum atomic E-state index is 11.0. The minimum absolute atomic E-state index is 0.420. The lowest BCUT2D eigenvalue weighted by Gasteiger charge is -2.10. The van der Waals surface area contributed by atoms with Crippen LogP contribution in [-0.4, -0.2) is 24.5 Å².